The summed E-state index contributed by atoms with van der Waals surface area (Å²) in [7, 11) is 0. The number of benzene rings is 1. The van der Waals surface area contributed by atoms with Crippen LogP contribution in [-0.2, 0) is 0 Å². The summed E-state index contributed by atoms with van der Waals surface area (Å²) in [5.41, 5.74) is 6.33. The normalized spacial score (nSPS) is 13.2. The van der Waals surface area contributed by atoms with Gasteiger partial charge in [0.25, 0.3) is 0 Å². The summed E-state index contributed by atoms with van der Waals surface area (Å²) >= 11 is 0. The Kier molecular flexibility index (Phi) is 4.08. The second kappa shape index (κ2) is 5.11. The fourth-order valence-corrected chi connectivity index (χ4v) is 1.80. The average Bonchev–Trinajstić information content (AvgIpc) is 2.15. The molecule has 0 radical (unpaired) electrons. The van der Waals surface area contributed by atoms with Crippen molar-refractivity contribution < 1.29 is 4.39 Å². The molecule has 0 spiro atoms. The molecule has 0 fully saturated rings. The monoisotopic (exact) mass is 195 g/mol. The van der Waals surface area contributed by atoms with Gasteiger partial charge in [0.05, 0.1) is 0 Å². The van der Waals surface area contributed by atoms with Crippen LogP contribution in [0.2, 0.25) is 0 Å². The minimum Gasteiger partial charge on any atom is -0.330 e. The lowest BCUT2D eigenvalue weighted by Crippen LogP contribution is -2.13. The van der Waals surface area contributed by atoms with Crippen molar-refractivity contribution in [3.63, 3.8) is 0 Å². The Morgan fingerprint density at radius 3 is 2.43 bits per heavy atom. The van der Waals surface area contributed by atoms with Crippen LogP contribution in [0.25, 0.3) is 0 Å². The largest absolute Gasteiger partial charge is 0.330 e. The molecule has 14 heavy (non-hydrogen) atoms. The van der Waals surface area contributed by atoms with Crippen LogP contribution in [0, 0.1) is 11.7 Å². The lowest BCUT2D eigenvalue weighted by atomic mass is 9.85. The van der Waals surface area contributed by atoms with Gasteiger partial charge in [0.2, 0.25) is 0 Å². The molecular weight excluding hydrogens is 177 g/mol. The zero-order chi connectivity index (χ0) is 10.6. The van der Waals surface area contributed by atoms with Crippen LogP contribution >= 0.6 is 0 Å². The van der Waals surface area contributed by atoms with Crippen LogP contribution in [0.3, 0.4) is 0 Å². The molecule has 1 rings (SSSR count). The van der Waals surface area contributed by atoms with Crippen molar-refractivity contribution in [2.24, 2.45) is 11.7 Å². The molecule has 0 aliphatic heterocycles. The summed E-state index contributed by atoms with van der Waals surface area (Å²) in [6, 6.07) is 6.97. The van der Waals surface area contributed by atoms with E-state index in [1.54, 1.807) is 6.07 Å². The van der Waals surface area contributed by atoms with Crippen molar-refractivity contribution in [3.8, 4) is 0 Å². The highest BCUT2D eigenvalue weighted by Gasteiger charge is 2.17. The van der Waals surface area contributed by atoms with Gasteiger partial charge in [-0.2, -0.15) is 0 Å². The van der Waals surface area contributed by atoms with E-state index >= 15 is 0 Å². The third kappa shape index (κ3) is 2.55. The lowest BCUT2D eigenvalue weighted by Gasteiger charge is -2.20. The second-order valence-corrected chi connectivity index (χ2v) is 3.95. The molecule has 2 N–H and O–H groups in total. The quantitative estimate of drug-likeness (QED) is 0.785. The van der Waals surface area contributed by atoms with E-state index in [0.717, 1.165) is 12.0 Å². The highest BCUT2D eigenvalue weighted by atomic mass is 19.1. The van der Waals surface area contributed by atoms with E-state index in [4.69, 9.17) is 5.73 Å². The Hall–Kier alpha value is -0.890. The summed E-state index contributed by atoms with van der Waals surface area (Å²) in [5, 5.41) is 0. The Bertz CT molecular complexity index is 283. The molecule has 0 aliphatic carbocycles. The van der Waals surface area contributed by atoms with Crippen LogP contribution < -0.4 is 5.73 Å². The van der Waals surface area contributed by atoms with Gasteiger partial charge in [0.15, 0.2) is 0 Å². The molecule has 0 amide bonds. The molecule has 0 saturated heterocycles. The Balaban J connectivity index is 2.93. The van der Waals surface area contributed by atoms with Crippen LogP contribution in [-0.4, -0.2) is 6.54 Å². The predicted octanol–water partition coefficient (Wildman–Crippen LogP) is 2.91. The van der Waals surface area contributed by atoms with Crippen LogP contribution in [0.5, 0.6) is 0 Å². The zero-order valence-electron chi connectivity index (χ0n) is 8.83. The van der Waals surface area contributed by atoms with E-state index in [1.807, 2.05) is 12.1 Å². The van der Waals surface area contributed by atoms with E-state index in [2.05, 4.69) is 13.8 Å². The van der Waals surface area contributed by atoms with E-state index in [1.165, 1.54) is 6.07 Å². The third-order valence-corrected chi connectivity index (χ3v) is 2.59. The maximum Gasteiger partial charge on any atom is 0.126 e. The minimum absolute atomic E-state index is 0.111. The van der Waals surface area contributed by atoms with Crippen LogP contribution in [0.1, 0.15) is 31.7 Å². The molecule has 78 valence electrons. The maximum absolute atomic E-state index is 13.5. The molecule has 1 aromatic carbocycles. The minimum atomic E-state index is -0.111. The molecule has 0 aromatic heterocycles. The molecule has 1 atom stereocenters. The van der Waals surface area contributed by atoms with Gasteiger partial charge >= 0.3 is 0 Å². The second-order valence-electron chi connectivity index (χ2n) is 3.95. The lowest BCUT2D eigenvalue weighted by molar-refractivity contribution is 0.451. The first-order valence-electron chi connectivity index (χ1n) is 5.11. The van der Waals surface area contributed by atoms with Gasteiger partial charge in [-0.05, 0) is 36.4 Å². The van der Waals surface area contributed by atoms with Crippen molar-refractivity contribution in [1.82, 2.24) is 0 Å². The van der Waals surface area contributed by atoms with Gasteiger partial charge in [-0.15, -0.1) is 0 Å². The smallest absolute Gasteiger partial charge is 0.126 e. The molecule has 1 nitrogen and oxygen atoms in total. The van der Waals surface area contributed by atoms with Crippen LogP contribution in [0.15, 0.2) is 24.3 Å². The number of nitrogens with two attached hydrogens (primary N) is 1. The van der Waals surface area contributed by atoms with Gasteiger partial charge in [0.1, 0.15) is 5.82 Å². The van der Waals surface area contributed by atoms with E-state index in [-0.39, 0.29) is 11.7 Å². The van der Waals surface area contributed by atoms with Crippen molar-refractivity contribution in [1.29, 1.82) is 0 Å². The first-order chi connectivity index (χ1) is 6.66. The number of hydrogen-bond donors (Lipinski definition) is 1. The Morgan fingerprint density at radius 1 is 1.29 bits per heavy atom. The number of halogens is 1. The van der Waals surface area contributed by atoms with Crippen LogP contribution in [0.4, 0.5) is 4.39 Å². The highest BCUT2D eigenvalue weighted by molar-refractivity contribution is 5.22. The number of hydrogen-bond acceptors (Lipinski definition) is 1. The standard InChI is InChI=1S/C12H18FN/c1-9(2)10(7-8-14)11-5-3-4-6-12(11)13/h3-6,9-10H,7-8,14H2,1-2H3. The van der Waals surface area contributed by atoms with E-state index in [9.17, 15) is 4.39 Å². The molecule has 0 bridgehead atoms. The fraction of sp³-hybridized carbons (Fsp3) is 0.500. The van der Waals surface area contributed by atoms with Gasteiger partial charge in [-0.3, -0.25) is 0 Å². The van der Waals surface area contributed by atoms with Crippen molar-refractivity contribution in [2.75, 3.05) is 6.54 Å². The van der Waals surface area contributed by atoms with E-state index in [0.29, 0.717) is 12.5 Å². The summed E-state index contributed by atoms with van der Waals surface area (Å²) in [5.74, 6) is 0.552. The van der Waals surface area contributed by atoms with Gasteiger partial charge < -0.3 is 5.73 Å². The molecular formula is C12H18FN. The average molecular weight is 195 g/mol. The first-order valence-corrected chi connectivity index (χ1v) is 5.11. The summed E-state index contributed by atoms with van der Waals surface area (Å²) < 4.78 is 13.5. The first kappa shape index (κ1) is 11.2. The highest BCUT2D eigenvalue weighted by Crippen LogP contribution is 2.28. The maximum atomic E-state index is 13.5. The SMILES string of the molecule is CC(C)C(CCN)c1ccccc1F. The van der Waals surface area contributed by atoms with Crippen molar-refractivity contribution in [2.45, 2.75) is 26.2 Å². The van der Waals surface area contributed by atoms with Gasteiger partial charge in [0, 0.05) is 0 Å². The molecule has 1 unspecified atom stereocenters. The molecule has 0 heterocycles. The van der Waals surface area contributed by atoms with Crippen molar-refractivity contribution in [3.05, 3.63) is 35.6 Å². The zero-order valence-corrected chi connectivity index (χ0v) is 8.83. The summed E-state index contributed by atoms with van der Waals surface area (Å²) in [6.45, 7) is 4.82. The predicted molar refractivity (Wildman–Crippen MR) is 57.7 cm³/mol. The molecule has 1 aromatic rings. The van der Waals surface area contributed by atoms with Crippen molar-refractivity contribution >= 4 is 0 Å². The van der Waals surface area contributed by atoms with Gasteiger partial charge in [-0.1, -0.05) is 32.0 Å². The van der Waals surface area contributed by atoms with Gasteiger partial charge in [-0.25, -0.2) is 4.39 Å². The Labute approximate surface area is 85.1 Å². The third-order valence-electron chi connectivity index (χ3n) is 2.59. The molecule has 0 saturated carbocycles. The Morgan fingerprint density at radius 2 is 1.93 bits per heavy atom. The topological polar surface area (TPSA) is 26.0 Å². The van der Waals surface area contributed by atoms with E-state index < -0.39 is 0 Å². The molecule has 2 heteroatoms. The fourth-order valence-electron chi connectivity index (χ4n) is 1.80. The number of rotatable bonds is 4. The molecule has 0 aliphatic rings. The summed E-state index contributed by atoms with van der Waals surface area (Å²) in [4.78, 5) is 0. The summed E-state index contributed by atoms with van der Waals surface area (Å²) in [6.07, 6.45) is 0.846.